The third-order valence-electron chi connectivity index (χ3n) is 4.85. The molecule has 32 heavy (non-hydrogen) atoms. The number of carbonyl (C=O) groups excluding carboxylic acids is 1. The van der Waals surface area contributed by atoms with Crippen LogP contribution in [0.4, 0.5) is 22.1 Å². The van der Waals surface area contributed by atoms with Gasteiger partial charge in [-0.05, 0) is 51.1 Å². The fraction of sp³-hybridized carbons (Fsp3) is 0.217. The van der Waals surface area contributed by atoms with Crippen LogP contribution in [-0.4, -0.2) is 39.2 Å². The summed E-state index contributed by atoms with van der Waals surface area (Å²) in [6.07, 6.45) is -0.664. The van der Waals surface area contributed by atoms with Crippen molar-refractivity contribution in [3.05, 3.63) is 70.6 Å². The van der Waals surface area contributed by atoms with Gasteiger partial charge in [-0.1, -0.05) is 18.2 Å². The van der Waals surface area contributed by atoms with Gasteiger partial charge in [0.15, 0.2) is 11.6 Å². The van der Waals surface area contributed by atoms with Gasteiger partial charge in [-0.15, -0.1) is 5.10 Å². The summed E-state index contributed by atoms with van der Waals surface area (Å²) in [7, 11) is 1.63. The molecule has 164 valence electrons. The SMILES string of the molecule is Cc1cc(Nc2nn(-c3ccc(N(C)C(=O)OC(C)C)cc3)c(=O)c3ccccc23)n[nH]1. The Morgan fingerprint density at radius 1 is 1.12 bits per heavy atom. The van der Waals surface area contributed by atoms with Gasteiger partial charge in [0, 0.05) is 29.9 Å². The van der Waals surface area contributed by atoms with Gasteiger partial charge >= 0.3 is 6.09 Å². The molecule has 0 saturated heterocycles. The van der Waals surface area contributed by atoms with E-state index in [-0.39, 0.29) is 11.7 Å². The molecular weight excluding hydrogens is 408 g/mol. The smallest absolute Gasteiger partial charge is 0.414 e. The number of nitrogens with zero attached hydrogens (tertiary/aromatic N) is 4. The number of hydrogen-bond donors (Lipinski definition) is 2. The summed E-state index contributed by atoms with van der Waals surface area (Å²) in [6, 6.07) is 16.1. The van der Waals surface area contributed by atoms with Crippen molar-refractivity contribution in [2.75, 3.05) is 17.3 Å². The van der Waals surface area contributed by atoms with Gasteiger partial charge in [0.25, 0.3) is 5.56 Å². The van der Waals surface area contributed by atoms with E-state index >= 15 is 0 Å². The minimum Gasteiger partial charge on any atom is -0.446 e. The van der Waals surface area contributed by atoms with Gasteiger partial charge in [0.1, 0.15) is 0 Å². The summed E-state index contributed by atoms with van der Waals surface area (Å²) in [5, 5.41) is 16.0. The van der Waals surface area contributed by atoms with Crippen LogP contribution in [0.25, 0.3) is 16.5 Å². The molecular formula is C23H24N6O3. The van der Waals surface area contributed by atoms with Crippen LogP contribution in [0.15, 0.2) is 59.4 Å². The number of carbonyl (C=O) groups is 1. The van der Waals surface area contributed by atoms with E-state index in [9.17, 15) is 9.59 Å². The minimum atomic E-state index is -0.450. The van der Waals surface area contributed by atoms with Crippen LogP contribution in [0.2, 0.25) is 0 Å². The maximum atomic E-state index is 13.2. The van der Waals surface area contributed by atoms with E-state index < -0.39 is 6.09 Å². The van der Waals surface area contributed by atoms with E-state index in [0.29, 0.717) is 33.8 Å². The zero-order chi connectivity index (χ0) is 22.8. The van der Waals surface area contributed by atoms with Gasteiger partial charge in [-0.2, -0.15) is 9.78 Å². The molecule has 4 rings (SSSR count). The molecule has 2 N–H and O–H groups in total. The summed E-state index contributed by atoms with van der Waals surface area (Å²) in [6.45, 7) is 5.49. The average molecular weight is 432 g/mol. The van der Waals surface area contributed by atoms with Crippen molar-refractivity contribution in [2.24, 2.45) is 0 Å². The Hall–Kier alpha value is -4.14. The highest BCUT2D eigenvalue weighted by molar-refractivity contribution is 5.92. The number of aryl methyl sites for hydroxylation is 1. The first kappa shape index (κ1) is 21.1. The van der Waals surface area contributed by atoms with Crippen molar-refractivity contribution in [2.45, 2.75) is 26.9 Å². The Bertz CT molecular complexity index is 1320. The lowest BCUT2D eigenvalue weighted by Crippen LogP contribution is -2.29. The summed E-state index contributed by atoms with van der Waals surface area (Å²) in [5.74, 6) is 1.11. The summed E-state index contributed by atoms with van der Waals surface area (Å²) in [4.78, 5) is 26.7. The molecule has 0 saturated carbocycles. The average Bonchev–Trinajstić information content (AvgIpc) is 3.19. The van der Waals surface area contributed by atoms with Crippen molar-refractivity contribution in [3.8, 4) is 5.69 Å². The fourth-order valence-electron chi connectivity index (χ4n) is 3.26. The van der Waals surface area contributed by atoms with Crippen LogP contribution >= 0.6 is 0 Å². The van der Waals surface area contributed by atoms with Crippen molar-refractivity contribution < 1.29 is 9.53 Å². The molecule has 0 atom stereocenters. The highest BCUT2D eigenvalue weighted by Crippen LogP contribution is 2.23. The van der Waals surface area contributed by atoms with E-state index in [1.165, 1.54) is 9.58 Å². The van der Waals surface area contributed by atoms with Gasteiger partial charge in [-0.25, -0.2) is 4.79 Å². The standard InChI is InChI=1S/C23H24N6O3/c1-14(2)32-23(31)28(4)16-9-11-17(12-10-16)29-22(30)19-8-6-5-7-18(19)21(27-29)24-20-13-15(3)25-26-20/h5-14H,1-4H3,(H2,24,25,26,27). The highest BCUT2D eigenvalue weighted by atomic mass is 16.6. The Morgan fingerprint density at radius 2 is 1.81 bits per heavy atom. The molecule has 2 aromatic heterocycles. The molecule has 0 aliphatic carbocycles. The van der Waals surface area contributed by atoms with E-state index in [1.54, 1.807) is 51.2 Å². The number of ether oxygens (including phenoxy) is 1. The predicted octanol–water partition coefficient (Wildman–Crippen LogP) is 4.14. The maximum absolute atomic E-state index is 13.2. The normalized spacial score (nSPS) is 11.0. The Morgan fingerprint density at radius 3 is 2.44 bits per heavy atom. The number of aromatic nitrogens is 4. The van der Waals surface area contributed by atoms with Crippen molar-refractivity contribution in [3.63, 3.8) is 0 Å². The minimum absolute atomic E-state index is 0.214. The van der Waals surface area contributed by atoms with Crippen LogP contribution in [0, 0.1) is 6.92 Å². The zero-order valence-corrected chi connectivity index (χ0v) is 18.3. The summed E-state index contributed by atoms with van der Waals surface area (Å²) >= 11 is 0. The number of nitrogens with one attached hydrogen (secondary N) is 2. The number of benzene rings is 2. The first-order valence-corrected chi connectivity index (χ1v) is 10.2. The molecule has 0 fully saturated rings. The molecule has 0 bridgehead atoms. The number of anilines is 3. The molecule has 0 unspecified atom stereocenters. The quantitative estimate of drug-likeness (QED) is 0.491. The molecule has 4 aromatic rings. The van der Waals surface area contributed by atoms with E-state index in [2.05, 4.69) is 20.6 Å². The first-order valence-electron chi connectivity index (χ1n) is 10.2. The molecule has 0 aliphatic rings. The Balaban J connectivity index is 1.73. The maximum Gasteiger partial charge on any atom is 0.414 e. The third kappa shape index (κ3) is 4.18. The Kier molecular flexibility index (Phi) is 5.63. The van der Waals surface area contributed by atoms with E-state index in [4.69, 9.17) is 4.74 Å². The topological polar surface area (TPSA) is 105 Å². The van der Waals surface area contributed by atoms with Gasteiger partial charge < -0.3 is 10.1 Å². The highest BCUT2D eigenvalue weighted by Gasteiger charge is 2.16. The van der Waals surface area contributed by atoms with Crippen LogP contribution < -0.4 is 15.8 Å². The molecule has 0 spiro atoms. The van der Waals surface area contributed by atoms with E-state index in [0.717, 1.165) is 5.69 Å². The van der Waals surface area contributed by atoms with Crippen LogP contribution in [0.1, 0.15) is 19.5 Å². The number of H-pyrrole nitrogens is 1. The fourth-order valence-corrected chi connectivity index (χ4v) is 3.26. The van der Waals surface area contributed by atoms with Gasteiger partial charge in [0.05, 0.1) is 17.2 Å². The molecule has 0 aliphatic heterocycles. The number of amides is 1. The summed E-state index contributed by atoms with van der Waals surface area (Å²) < 4.78 is 6.56. The van der Waals surface area contributed by atoms with Gasteiger partial charge in [0.2, 0.25) is 0 Å². The lowest BCUT2D eigenvalue weighted by Gasteiger charge is -2.19. The molecule has 9 nitrogen and oxygen atoms in total. The first-order chi connectivity index (χ1) is 15.3. The van der Waals surface area contributed by atoms with E-state index in [1.807, 2.05) is 31.2 Å². The van der Waals surface area contributed by atoms with Crippen molar-refractivity contribution >= 4 is 34.2 Å². The van der Waals surface area contributed by atoms with Gasteiger partial charge in [-0.3, -0.25) is 14.8 Å². The zero-order valence-electron chi connectivity index (χ0n) is 18.3. The largest absolute Gasteiger partial charge is 0.446 e. The second-order valence-electron chi connectivity index (χ2n) is 7.68. The second-order valence-corrected chi connectivity index (χ2v) is 7.68. The van der Waals surface area contributed by atoms with Crippen LogP contribution in [0.5, 0.6) is 0 Å². The van der Waals surface area contributed by atoms with Crippen LogP contribution in [0.3, 0.4) is 0 Å². The number of rotatable bonds is 5. The lowest BCUT2D eigenvalue weighted by atomic mass is 10.2. The molecule has 2 heterocycles. The molecule has 9 heteroatoms. The number of fused-ring (bicyclic) bond motifs is 1. The van der Waals surface area contributed by atoms with Crippen molar-refractivity contribution in [1.82, 2.24) is 20.0 Å². The predicted molar refractivity (Wildman–Crippen MR) is 124 cm³/mol. The molecule has 2 aromatic carbocycles. The Labute approximate surface area is 184 Å². The monoisotopic (exact) mass is 432 g/mol. The number of hydrogen-bond acceptors (Lipinski definition) is 6. The van der Waals surface area contributed by atoms with Crippen LogP contribution in [-0.2, 0) is 4.74 Å². The third-order valence-corrected chi connectivity index (χ3v) is 4.85. The molecule has 1 amide bonds. The molecule has 0 radical (unpaired) electrons. The number of aromatic amines is 1. The lowest BCUT2D eigenvalue weighted by molar-refractivity contribution is 0.124. The summed E-state index contributed by atoms with van der Waals surface area (Å²) in [5.41, 5.74) is 1.86. The second kappa shape index (κ2) is 8.54. The van der Waals surface area contributed by atoms with Crippen molar-refractivity contribution in [1.29, 1.82) is 0 Å².